The molecule has 1 saturated heterocycles. The molecule has 0 aromatic carbocycles. The fourth-order valence-electron chi connectivity index (χ4n) is 3.50. The highest BCUT2D eigenvalue weighted by Crippen LogP contribution is 2.35. The molecule has 3 N–H and O–H groups in total. The lowest BCUT2D eigenvalue weighted by Crippen LogP contribution is -2.49. The minimum atomic E-state index is -0.541. The highest BCUT2D eigenvalue weighted by molar-refractivity contribution is 6.19. The van der Waals surface area contributed by atoms with Crippen molar-refractivity contribution in [3.8, 4) is 0 Å². The van der Waals surface area contributed by atoms with Crippen LogP contribution >= 0.6 is 11.6 Å². The number of amides is 2. The van der Waals surface area contributed by atoms with E-state index in [1.54, 1.807) is 6.20 Å². The molecule has 0 bridgehead atoms. The van der Waals surface area contributed by atoms with Crippen molar-refractivity contribution < 1.29 is 14.3 Å². The van der Waals surface area contributed by atoms with E-state index in [0.717, 1.165) is 36.1 Å². The van der Waals surface area contributed by atoms with Crippen LogP contribution in [-0.2, 0) is 9.53 Å². The Morgan fingerprint density at radius 1 is 1.41 bits per heavy atom. The lowest BCUT2D eigenvalue weighted by molar-refractivity contribution is -0.115. The van der Waals surface area contributed by atoms with Gasteiger partial charge in [0.15, 0.2) is 0 Å². The Labute approximate surface area is 175 Å². The fourth-order valence-corrected chi connectivity index (χ4v) is 3.67. The highest BCUT2D eigenvalue weighted by Gasteiger charge is 2.27. The number of rotatable bonds is 5. The van der Waals surface area contributed by atoms with E-state index in [2.05, 4.69) is 25.5 Å². The predicted molar refractivity (Wildman–Crippen MR) is 115 cm³/mol. The zero-order chi connectivity index (χ0) is 21.0. The first-order valence-electron chi connectivity index (χ1n) is 9.83. The maximum Gasteiger partial charge on any atom is 0.407 e. The maximum atomic E-state index is 12.2. The molecule has 1 aliphatic heterocycles. The molecular weight excluding hydrogens is 394 g/mol. The van der Waals surface area contributed by atoms with Gasteiger partial charge in [0.05, 0.1) is 17.6 Å². The fraction of sp³-hybridized carbons (Fsp3) is 0.550. The molecule has 2 amide bonds. The topological polar surface area (TPSA) is 99.3 Å². The van der Waals surface area contributed by atoms with Crippen molar-refractivity contribution >= 4 is 46.0 Å². The second-order valence-electron chi connectivity index (χ2n) is 8.18. The Kier molecular flexibility index (Phi) is 6.52. The van der Waals surface area contributed by atoms with Gasteiger partial charge in [-0.1, -0.05) is 0 Å². The van der Waals surface area contributed by atoms with Crippen molar-refractivity contribution in [3.05, 3.63) is 18.5 Å². The molecule has 1 unspecified atom stereocenters. The van der Waals surface area contributed by atoms with Crippen LogP contribution in [0.3, 0.4) is 0 Å². The molecule has 29 heavy (non-hydrogen) atoms. The van der Waals surface area contributed by atoms with Crippen LogP contribution in [0.25, 0.3) is 11.0 Å². The van der Waals surface area contributed by atoms with Crippen LogP contribution in [0.2, 0.25) is 0 Å². The number of nitrogens with zero attached hydrogens (tertiary/aromatic N) is 2. The van der Waals surface area contributed by atoms with Crippen LogP contribution in [0.5, 0.6) is 0 Å². The number of alkyl carbamates (subject to hydrolysis) is 1. The quantitative estimate of drug-likeness (QED) is 0.640. The summed E-state index contributed by atoms with van der Waals surface area (Å²) < 4.78 is 5.39. The number of carbonyl (C=O) groups excluding carboxylic acids is 2. The van der Waals surface area contributed by atoms with Gasteiger partial charge in [-0.2, -0.15) is 0 Å². The molecule has 0 saturated carbocycles. The number of carbonyl (C=O) groups is 2. The number of aromatic nitrogens is 2. The molecule has 2 aromatic rings. The van der Waals surface area contributed by atoms with Gasteiger partial charge in [0, 0.05) is 43.0 Å². The van der Waals surface area contributed by atoms with Gasteiger partial charge in [0.25, 0.3) is 0 Å². The number of alkyl halides is 1. The van der Waals surface area contributed by atoms with Crippen LogP contribution in [0.4, 0.5) is 16.2 Å². The summed E-state index contributed by atoms with van der Waals surface area (Å²) in [5.41, 5.74) is 1.75. The summed E-state index contributed by atoms with van der Waals surface area (Å²) >= 11 is 5.70. The second-order valence-corrected chi connectivity index (χ2v) is 8.56. The first kappa shape index (κ1) is 21.2. The van der Waals surface area contributed by atoms with Gasteiger partial charge in [-0.05, 0) is 39.7 Å². The molecule has 1 atom stereocenters. The smallest absolute Gasteiger partial charge is 0.407 e. The van der Waals surface area contributed by atoms with Crippen molar-refractivity contribution in [2.45, 2.75) is 51.7 Å². The standard InChI is InChI=1S/C20H28ClN5O3/c1-20(2,3)29-19(28)24-13-5-4-10-26(12-13)17-14-7-9-22-18(14)23-11-15(17)25-16(27)6-8-21/h7,9,11,13H,4-6,8,10,12H2,1-3H3,(H,22,23)(H,24,28)(H,25,27). The minimum Gasteiger partial charge on any atom is -0.444 e. The third kappa shape index (κ3) is 5.53. The molecule has 2 aromatic heterocycles. The van der Waals surface area contributed by atoms with E-state index in [4.69, 9.17) is 16.3 Å². The summed E-state index contributed by atoms with van der Waals surface area (Å²) in [5, 5.41) is 6.81. The first-order valence-corrected chi connectivity index (χ1v) is 10.4. The van der Waals surface area contributed by atoms with Crippen molar-refractivity contribution in [1.82, 2.24) is 15.3 Å². The number of pyridine rings is 1. The maximum absolute atomic E-state index is 12.2. The van der Waals surface area contributed by atoms with Crippen LogP contribution in [0, 0.1) is 0 Å². The van der Waals surface area contributed by atoms with E-state index >= 15 is 0 Å². The first-order chi connectivity index (χ1) is 13.8. The third-order valence-electron chi connectivity index (χ3n) is 4.61. The number of fused-ring (bicyclic) bond motifs is 1. The van der Waals surface area contributed by atoms with Gasteiger partial charge >= 0.3 is 6.09 Å². The van der Waals surface area contributed by atoms with Gasteiger partial charge in [-0.3, -0.25) is 4.79 Å². The Morgan fingerprint density at radius 3 is 2.93 bits per heavy atom. The molecule has 3 rings (SSSR count). The summed E-state index contributed by atoms with van der Waals surface area (Å²) in [7, 11) is 0. The van der Waals surface area contributed by atoms with E-state index in [1.165, 1.54) is 0 Å². The number of H-pyrrole nitrogens is 1. The molecule has 9 heteroatoms. The largest absolute Gasteiger partial charge is 0.444 e. The van der Waals surface area contributed by atoms with E-state index in [9.17, 15) is 9.59 Å². The van der Waals surface area contributed by atoms with Crippen molar-refractivity contribution in [2.75, 3.05) is 29.2 Å². The van der Waals surface area contributed by atoms with Crippen LogP contribution < -0.4 is 15.5 Å². The zero-order valence-electron chi connectivity index (χ0n) is 17.0. The molecular formula is C20H28ClN5O3. The normalized spacial score (nSPS) is 17.2. The van der Waals surface area contributed by atoms with Gasteiger partial charge in [0.1, 0.15) is 11.2 Å². The van der Waals surface area contributed by atoms with Gasteiger partial charge < -0.3 is 25.3 Å². The lowest BCUT2D eigenvalue weighted by Gasteiger charge is -2.36. The highest BCUT2D eigenvalue weighted by atomic mass is 35.5. The van der Waals surface area contributed by atoms with Crippen molar-refractivity contribution in [2.24, 2.45) is 0 Å². The van der Waals surface area contributed by atoms with Gasteiger partial charge in [-0.25, -0.2) is 9.78 Å². The molecule has 0 spiro atoms. The summed E-state index contributed by atoms with van der Waals surface area (Å²) in [6.45, 7) is 6.95. The summed E-state index contributed by atoms with van der Waals surface area (Å²) in [4.78, 5) is 34.0. The third-order valence-corrected chi connectivity index (χ3v) is 4.80. The van der Waals surface area contributed by atoms with Gasteiger partial charge in [-0.15, -0.1) is 11.6 Å². The van der Waals surface area contributed by atoms with E-state index < -0.39 is 11.7 Å². The predicted octanol–water partition coefficient (Wildman–Crippen LogP) is 3.62. The SMILES string of the molecule is CC(C)(C)OC(=O)NC1CCCN(c2c(NC(=O)CCCl)cnc3[nH]ccc23)C1. The molecule has 0 radical (unpaired) electrons. The number of aromatic amines is 1. The summed E-state index contributed by atoms with van der Waals surface area (Å²) in [6, 6.07) is 1.90. The van der Waals surface area contributed by atoms with Crippen LogP contribution in [0.1, 0.15) is 40.0 Å². The zero-order valence-corrected chi connectivity index (χ0v) is 17.8. The molecule has 8 nitrogen and oxygen atoms in total. The Hall–Kier alpha value is -2.48. The average Bonchev–Trinajstić information content (AvgIpc) is 3.08. The van der Waals surface area contributed by atoms with E-state index in [-0.39, 0.29) is 24.2 Å². The van der Waals surface area contributed by atoms with Crippen LogP contribution in [0.15, 0.2) is 18.5 Å². The summed E-state index contributed by atoms with van der Waals surface area (Å²) in [6.07, 6.45) is 5.07. The number of anilines is 2. The van der Waals surface area contributed by atoms with Crippen molar-refractivity contribution in [1.29, 1.82) is 0 Å². The van der Waals surface area contributed by atoms with Crippen molar-refractivity contribution in [3.63, 3.8) is 0 Å². The molecule has 3 heterocycles. The van der Waals surface area contributed by atoms with Crippen LogP contribution in [-0.4, -0.2) is 52.6 Å². The molecule has 158 valence electrons. The number of halogens is 1. The Bertz CT molecular complexity index is 877. The number of hydrogen-bond donors (Lipinski definition) is 3. The van der Waals surface area contributed by atoms with E-state index in [1.807, 2.05) is 33.0 Å². The molecule has 0 aliphatic carbocycles. The Balaban J connectivity index is 1.82. The Morgan fingerprint density at radius 2 is 2.21 bits per heavy atom. The molecule has 1 fully saturated rings. The number of nitrogens with one attached hydrogen (secondary N) is 3. The number of piperidine rings is 1. The van der Waals surface area contributed by atoms with Gasteiger partial charge in [0.2, 0.25) is 5.91 Å². The second kappa shape index (κ2) is 8.90. The minimum absolute atomic E-state index is 0.0489. The number of ether oxygens (including phenoxy) is 1. The monoisotopic (exact) mass is 421 g/mol. The average molecular weight is 422 g/mol. The lowest BCUT2D eigenvalue weighted by atomic mass is 10.0. The molecule has 1 aliphatic rings. The summed E-state index contributed by atoms with van der Waals surface area (Å²) in [5.74, 6) is 0.102. The van der Waals surface area contributed by atoms with E-state index in [0.29, 0.717) is 12.2 Å². The number of hydrogen-bond acceptors (Lipinski definition) is 5.